The Morgan fingerprint density at radius 1 is 1.00 bits per heavy atom. The second-order valence-corrected chi connectivity index (χ2v) is 9.31. The van der Waals surface area contributed by atoms with Crippen molar-refractivity contribution in [2.45, 2.75) is 49.6 Å². The normalized spacial score (nSPS) is 18.3. The van der Waals surface area contributed by atoms with Crippen LogP contribution in [0.1, 0.15) is 48.8 Å². The first-order valence-electron chi connectivity index (χ1n) is 9.26. The van der Waals surface area contributed by atoms with Gasteiger partial charge in [-0.25, -0.2) is 8.42 Å². The summed E-state index contributed by atoms with van der Waals surface area (Å²) in [5, 5.41) is 7.22. The van der Waals surface area contributed by atoms with Gasteiger partial charge in [-0.2, -0.15) is 5.10 Å². The van der Waals surface area contributed by atoms with Crippen molar-refractivity contribution in [3.05, 3.63) is 65.2 Å². The molecular formula is C21H24N2O2S. The Morgan fingerprint density at radius 3 is 2.54 bits per heavy atom. The van der Waals surface area contributed by atoms with Crippen molar-refractivity contribution in [1.82, 2.24) is 5.01 Å². The molecule has 0 amide bonds. The molecule has 4 rings (SSSR count). The largest absolute Gasteiger partial charge is 0.289 e. The van der Waals surface area contributed by atoms with Crippen LogP contribution >= 0.6 is 0 Å². The molecule has 1 saturated carbocycles. The molecule has 2 aromatic carbocycles. The predicted molar refractivity (Wildman–Crippen MR) is 104 cm³/mol. The third-order valence-electron chi connectivity index (χ3n) is 5.37. The molecule has 0 spiro atoms. The standard InChI is InChI=1S/C21H24N2O2S/c1-26(24,25)19-12-7-9-16(14-19)21-20-13-6-5-8-17(20)15-23(22-21)18-10-3-2-4-11-18/h5-9,12-14,18H,2-4,10-11,15H2,1H3. The van der Waals surface area contributed by atoms with E-state index in [1.165, 1.54) is 43.9 Å². The summed E-state index contributed by atoms with van der Waals surface area (Å²) < 4.78 is 23.9. The van der Waals surface area contributed by atoms with Gasteiger partial charge in [-0.15, -0.1) is 0 Å². The molecule has 2 aliphatic rings. The lowest BCUT2D eigenvalue weighted by molar-refractivity contribution is 0.151. The van der Waals surface area contributed by atoms with Gasteiger partial charge in [-0.1, -0.05) is 55.7 Å². The van der Waals surface area contributed by atoms with E-state index in [1.54, 1.807) is 18.2 Å². The highest BCUT2D eigenvalue weighted by Crippen LogP contribution is 2.30. The Balaban J connectivity index is 1.79. The van der Waals surface area contributed by atoms with E-state index in [0.717, 1.165) is 23.4 Å². The maximum absolute atomic E-state index is 12.0. The van der Waals surface area contributed by atoms with Gasteiger partial charge < -0.3 is 0 Å². The topological polar surface area (TPSA) is 49.7 Å². The molecule has 1 aliphatic carbocycles. The summed E-state index contributed by atoms with van der Waals surface area (Å²) in [6, 6.07) is 15.9. The molecule has 0 bridgehead atoms. The molecule has 5 heteroatoms. The Bertz CT molecular complexity index is 944. The van der Waals surface area contributed by atoms with E-state index in [0.29, 0.717) is 10.9 Å². The van der Waals surface area contributed by atoms with Crippen LogP contribution in [0.15, 0.2) is 58.5 Å². The van der Waals surface area contributed by atoms with Crippen LogP contribution in [-0.2, 0) is 16.4 Å². The molecule has 26 heavy (non-hydrogen) atoms. The third kappa shape index (κ3) is 3.40. The number of sulfone groups is 1. The van der Waals surface area contributed by atoms with Gasteiger partial charge in [0.25, 0.3) is 0 Å². The smallest absolute Gasteiger partial charge is 0.175 e. The second-order valence-electron chi connectivity index (χ2n) is 7.30. The quantitative estimate of drug-likeness (QED) is 0.823. The fourth-order valence-electron chi connectivity index (χ4n) is 3.96. The van der Waals surface area contributed by atoms with E-state index < -0.39 is 9.84 Å². The Hall–Kier alpha value is -2.14. The van der Waals surface area contributed by atoms with Crippen molar-refractivity contribution in [2.75, 3.05) is 6.26 Å². The van der Waals surface area contributed by atoms with E-state index in [-0.39, 0.29) is 0 Å². The van der Waals surface area contributed by atoms with Crippen LogP contribution in [0.25, 0.3) is 0 Å². The number of hydrogen-bond donors (Lipinski definition) is 0. The molecule has 2 aromatic rings. The molecule has 0 radical (unpaired) electrons. The summed E-state index contributed by atoms with van der Waals surface area (Å²) >= 11 is 0. The number of hydrazone groups is 1. The van der Waals surface area contributed by atoms with Gasteiger partial charge in [0.05, 0.1) is 17.2 Å². The lowest BCUT2D eigenvalue weighted by Gasteiger charge is -2.36. The lowest BCUT2D eigenvalue weighted by Crippen LogP contribution is -2.36. The lowest BCUT2D eigenvalue weighted by atomic mass is 9.92. The summed E-state index contributed by atoms with van der Waals surface area (Å²) in [4.78, 5) is 0.338. The Morgan fingerprint density at radius 2 is 1.77 bits per heavy atom. The number of hydrogen-bond acceptors (Lipinski definition) is 4. The summed E-state index contributed by atoms with van der Waals surface area (Å²) in [5.41, 5.74) is 4.10. The molecule has 136 valence electrons. The van der Waals surface area contributed by atoms with E-state index in [9.17, 15) is 8.42 Å². The minimum absolute atomic E-state index is 0.338. The average molecular weight is 369 g/mol. The predicted octanol–water partition coefficient (Wildman–Crippen LogP) is 3.99. The zero-order valence-corrected chi connectivity index (χ0v) is 15.9. The molecule has 1 heterocycles. The summed E-state index contributed by atoms with van der Waals surface area (Å²) in [5.74, 6) is 0. The van der Waals surface area contributed by atoms with Gasteiger partial charge in [0.2, 0.25) is 0 Å². The van der Waals surface area contributed by atoms with Crippen molar-refractivity contribution < 1.29 is 8.42 Å². The van der Waals surface area contributed by atoms with Crippen molar-refractivity contribution in [1.29, 1.82) is 0 Å². The molecule has 1 fully saturated rings. The molecule has 0 unspecified atom stereocenters. The first kappa shape index (κ1) is 17.3. The molecule has 0 saturated heterocycles. The van der Waals surface area contributed by atoms with Crippen LogP contribution in [0.4, 0.5) is 0 Å². The fraction of sp³-hybridized carbons (Fsp3) is 0.381. The van der Waals surface area contributed by atoms with Crippen LogP contribution in [0.2, 0.25) is 0 Å². The molecular weight excluding hydrogens is 344 g/mol. The monoisotopic (exact) mass is 368 g/mol. The van der Waals surface area contributed by atoms with Crippen LogP contribution < -0.4 is 0 Å². The SMILES string of the molecule is CS(=O)(=O)c1cccc(C2=NN(C3CCCCC3)Cc3ccccc32)c1. The average Bonchev–Trinajstić information content (AvgIpc) is 2.67. The van der Waals surface area contributed by atoms with Crippen molar-refractivity contribution >= 4 is 15.5 Å². The third-order valence-corrected chi connectivity index (χ3v) is 6.48. The molecule has 0 atom stereocenters. The van der Waals surface area contributed by atoms with Gasteiger partial charge in [-0.05, 0) is 30.5 Å². The van der Waals surface area contributed by atoms with E-state index in [4.69, 9.17) is 5.10 Å². The van der Waals surface area contributed by atoms with Crippen LogP contribution in [-0.4, -0.2) is 31.4 Å². The summed E-state index contributed by atoms with van der Waals surface area (Å²) in [6.07, 6.45) is 7.45. The highest BCUT2D eigenvalue weighted by molar-refractivity contribution is 7.90. The zero-order valence-electron chi connectivity index (χ0n) is 15.1. The van der Waals surface area contributed by atoms with E-state index >= 15 is 0 Å². The molecule has 4 nitrogen and oxygen atoms in total. The zero-order chi connectivity index (χ0) is 18.1. The van der Waals surface area contributed by atoms with Crippen LogP contribution in [0, 0.1) is 0 Å². The minimum Gasteiger partial charge on any atom is -0.289 e. The highest BCUT2D eigenvalue weighted by Gasteiger charge is 2.26. The Kier molecular flexibility index (Phi) is 4.57. The maximum atomic E-state index is 12.0. The number of nitrogens with zero attached hydrogens (tertiary/aromatic N) is 2. The number of rotatable bonds is 3. The number of fused-ring (bicyclic) bond motifs is 1. The first-order chi connectivity index (χ1) is 12.5. The van der Waals surface area contributed by atoms with Crippen molar-refractivity contribution in [2.24, 2.45) is 5.10 Å². The molecule has 1 aliphatic heterocycles. The second kappa shape index (κ2) is 6.88. The van der Waals surface area contributed by atoms with Gasteiger partial charge in [0.15, 0.2) is 9.84 Å². The molecule has 0 N–H and O–H groups in total. The molecule has 0 aromatic heterocycles. The van der Waals surface area contributed by atoms with E-state index in [1.807, 2.05) is 12.1 Å². The number of benzene rings is 2. The summed E-state index contributed by atoms with van der Waals surface area (Å²) in [6.45, 7) is 0.829. The van der Waals surface area contributed by atoms with Gasteiger partial charge in [0.1, 0.15) is 0 Å². The fourth-order valence-corrected chi connectivity index (χ4v) is 4.63. The van der Waals surface area contributed by atoms with Crippen LogP contribution in [0.3, 0.4) is 0 Å². The van der Waals surface area contributed by atoms with E-state index in [2.05, 4.69) is 23.2 Å². The van der Waals surface area contributed by atoms with Crippen molar-refractivity contribution in [3.63, 3.8) is 0 Å². The van der Waals surface area contributed by atoms with Crippen molar-refractivity contribution in [3.8, 4) is 0 Å². The van der Waals surface area contributed by atoms with Crippen LogP contribution in [0.5, 0.6) is 0 Å². The maximum Gasteiger partial charge on any atom is 0.175 e. The highest BCUT2D eigenvalue weighted by atomic mass is 32.2. The first-order valence-corrected chi connectivity index (χ1v) is 11.2. The summed E-state index contributed by atoms with van der Waals surface area (Å²) in [7, 11) is -3.24. The van der Waals surface area contributed by atoms with Gasteiger partial charge >= 0.3 is 0 Å². The Labute approximate surface area is 155 Å². The van der Waals surface area contributed by atoms with Gasteiger partial charge in [-0.3, -0.25) is 5.01 Å². The minimum atomic E-state index is -3.24. The van der Waals surface area contributed by atoms with Gasteiger partial charge in [0, 0.05) is 23.4 Å².